The number of esters is 1. The van der Waals surface area contributed by atoms with Crippen molar-refractivity contribution in [2.75, 3.05) is 26.3 Å². The van der Waals surface area contributed by atoms with Crippen LogP contribution in [0.4, 0.5) is 4.79 Å². The van der Waals surface area contributed by atoms with E-state index in [-0.39, 0.29) is 24.3 Å². The number of hydrogen-bond acceptors (Lipinski definition) is 7. The summed E-state index contributed by atoms with van der Waals surface area (Å²) in [5.74, 6) is 0.0142. The highest BCUT2D eigenvalue weighted by Gasteiger charge is 2.41. The largest absolute Gasteiger partial charge is 0.493 e. The lowest BCUT2D eigenvalue weighted by Crippen LogP contribution is -2.36. The number of oxime groups is 1. The Morgan fingerprint density at radius 1 is 1.23 bits per heavy atom. The smallest absolute Gasteiger partial charge is 0.410 e. The van der Waals surface area contributed by atoms with Gasteiger partial charge in [0.05, 0.1) is 19.1 Å². The fraction of sp³-hybridized carbons (Fsp3) is 0.591. The van der Waals surface area contributed by atoms with Gasteiger partial charge in [0.15, 0.2) is 0 Å². The molecule has 0 aliphatic carbocycles. The summed E-state index contributed by atoms with van der Waals surface area (Å²) in [4.78, 5) is 26.6. The Hall–Kier alpha value is -2.97. The molecule has 2 atom stereocenters. The molecule has 1 saturated heterocycles. The highest BCUT2D eigenvalue weighted by Crippen LogP contribution is 2.30. The molecule has 31 heavy (non-hydrogen) atoms. The molecule has 2 rings (SSSR count). The zero-order valence-electron chi connectivity index (χ0n) is 18.7. The molecular weight excluding hydrogens is 402 g/mol. The number of amides is 1. The van der Waals surface area contributed by atoms with Gasteiger partial charge in [-0.15, -0.1) is 0 Å². The number of rotatable bonds is 8. The topological polar surface area (TPSA) is 124 Å². The van der Waals surface area contributed by atoms with Gasteiger partial charge in [-0.1, -0.05) is 17.3 Å². The first-order chi connectivity index (χ1) is 14.6. The number of benzene rings is 1. The molecule has 0 aromatic heterocycles. The van der Waals surface area contributed by atoms with Crippen LogP contribution in [0.15, 0.2) is 29.4 Å². The molecule has 9 nitrogen and oxygen atoms in total. The number of nitrogens with two attached hydrogens (primary N) is 1. The average molecular weight is 436 g/mol. The number of carbonyl (C=O) groups excluding carboxylic acids is 2. The number of nitrogens with zero attached hydrogens (tertiary/aromatic N) is 2. The lowest BCUT2D eigenvalue weighted by molar-refractivity contribution is -0.148. The summed E-state index contributed by atoms with van der Waals surface area (Å²) in [7, 11) is 0. The van der Waals surface area contributed by atoms with Gasteiger partial charge >= 0.3 is 12.1 Å². The Bertz CT molecular complexity index is 772. The summed E-state index contributed by atoms with van der Waals surface area (Å²) in [6, 6.07) is 7.53. The summed E-state index contributed by atoms with van der Waals surface area (Å²) in [6.45, 7) is 8.53. The standard InChI is InChI=1S/C22H33N3O6/c1-5-29-20(26)18-14-25(21(27)31-22(2,3)4)13-16(18)12-15-6-8-17(9-7-15)30-11-10-19(23)24-28/h6-9,16,18,28H,5,10-14H2,1-4H3,(H2,23,24)/t16-,18+/m1/s1. The van der Waals surface area contributed by atoms with E-state index in [4.69, 9.17) is 25.2 Å². The lowest BCUT2D eigenvalue weighted by atomic mass is 9.90. The van der Waals surface area contributed by atoms with Crippen LogP contribution in [0.5, 0.6) is 5.75 Å². The summed E-state index contributed by atoms with van der Waals surface area (Å²) in [6.07, 6.45) is 0.522. The lowest BCUT2D eigenvalue weighted by Gasteiger charge is -2.24. The molecule has 3 N–H and O–H groups in total. The van der Waals surface area contributed by atoms with Crippen molar-refractivity contribution in [3.63, 3.8) is 0 Å². The maximum atomic E-state index is 12.5. The maximum absolute atomic E-state index is 12.5. The second kappa shape index (κ2) is 10.9. The molecule has 0 radical (unpaired) electrons. The first-order valence-electron chi connectivity index (χ1n) is 10.5. The molecule has 0 spiro atoms. The SMILES string of the molecule is CCOC(=O)[C@H]1CN(C(=O)OC(C)(C)C)C[C@H]1Cc1ccc(OCC/C(N)=N\O)cc1. The molecule has 0 unspecified atom stereocenters. The van der Waals surface area contributed by atoms with Crippen molar-refractivity contribution in [1.82, 2.24) is 4.90 Å². The van der Waals surface area contributed by atoms with Crippen molar-refractivity contribution in [3.8, 4) is 5.75 Å². The van der Waals surface area contributed by atoms with Gasteiger partial charge in [0.25, 0.3) is 0 Å². The van der Waals surface area contributed by atoms with Crippen LogP contribution in [0.3, 0.4) is 0 Å². The van der Waals surface area contributed by atoms with Gasteiger partial charge in [-0.25, -0.2) is 4.79 Å². The van der Waals surface area contributed by atoms with Crippen LogP contribution in [0.2, 0.25) is 0 Å². The van der Waals surface area contributed by atoms with Gasteiger partial charge in [0, 0.05) is 19.5 Å². The predicted molar refractivity (Wildman–Crippen MR) is 115 cm³/mol. The number of hydrogen-bond donors (Lipinski definition) is 2. The van der Waals surface area contributed by atoms with Gasteiger partial charge in [0.2, 0.25) is 0 Å². The molecule has 1 aromatic rings. The van der Waals surface area contributed by atoms with E-state index in [2.05, 4.69) is 5.16 Å². The van der Waals surface area contributed by atoms with Crippen molar-refractivity contribution in [2.45, 2.75) is 46.1 Å². The first-order valence-corrected chi connectivity index (χ1v) is 10.5. The van der Waals surface area contributed by atoms with Gasteiger partial charge in [-0.2, -0.15) is 0 Å². The van der Waals surface area contributed by atoms with E-state index < -0.39 is 17.6 Å². The molecule has 1 aliphatic heterocycles. The second-order valence-corrected chi connectivity index (χ2v) is 8.54. The maximum Gasteiger partial charge on any atom is 0.410 e. The van der Waals surface area contributed by atoms with Crippen LogP contribution in [0.1, 0.15) is 39.7 Å². The fourth-order valence-electron chi connectivity index (χ4n) is 3.42. The summed E-state index contributed by atoms with van der Waals surface area (Å²) >= 11 is 0. The van der Waals surface area contributed by atoms with Crippen LogP contribution in [0, 0.1) is 11.8 Å². The van der Waals surface area contributed by atoms with Gasteiger partial charge < -0.3 is 30.1 Å². The van der Waals surface area contributed by atoms with Crippen molar-refractivity contribution >= 4 is 17.9 Å². The molecule has 1 fully saturated rings. The molecule has 172 valence electrons. The third kappa shape index (κ3) is 7.66. The molecule has 0 saturated carbocycles. The van der Waals surface area contributed by atoms with Crippen LogP contribution in [0.25, 0.3) is 0 Å². The zero-order valence-corrected chi connectivity index (χ0v) is 18.7. The summed E-state index contributed by atoms with van der Waals surface area (Å²) < 4.78 is 16.3. The fourth-order valence-corrected chi connectivity index (χ4v) is 3.42. The number of ether oxygens (including phenoxy) is 3. The van der Waals surface area contributed by atoms with Crippen molar-refractivity contribution < 1.29 is 29.0 Å². The Morgan fingerprint density at radius 3 is 2.48 bits per heavy atom. The Balaban J connectivity index is 2.02. The molecule has 9 heteroatoms. The second-order valence-electron chi connectivity index (χ2n) is 8.54. The van der Waals surface area contributed by atoms with Crippen molar-refractivity contribution in [1.29, 1.82) is 0 Å². The van der Waals surface area contributed by atoms with Crippen LogP contribution in [-0.2, 0) is 20.7 Å². The van der Waals surface area contributed by atoms with E-state index in [9.17, 15) is 9.59 Å². The number of amidine groups is 1. The number of carbonyl (C=O) groups is 2. The van der Waals surface area contributed by atoms with Crippen LogP contribution < -0.4 is 10.5 Å². The highest BCUT2D eigenvalue weighted by atomic mass is 16.6. The third-order valence-corrected chi connectivity index (χ3v) is 4.86. The van der Waals surface area contributed by atoms with E-state index in [0.717, 1.165) is 5.56 Å². The van der Waals surface area contributed by atoms with Crippen molar-refractivity contribution in [2.24, 2.45) is 22.7 Å². The quantitative estimate of drug-likeness (QED) is 0.211. The van der Waals surface area contributed by atoms with E-state index in [1.807, 2.05) is 45.0 Å². The molecular formula is C22H33N3O6. The molecule has 1 aromatic carbocycles. The summed E-state index contributed by atoms with van der Waals surface area (Å²) in [5, 5.41) is 11.5. The Labute approximate surface area is 183 Å². The molecule has 1 heterocycles. The monoisotopic (exact) mass is 435 g/mol. The first kappa shape index (κ1) is 24.3. The van der Waals surface area contributed by atoms with E-state index >= 15 is 0 Å². The van der Waals surface area contributed by atoms with Crippen LogP contribution in [-0.4, -0.2) is 59.9 Å². The Kier molecular flexibility index (Phi) is 8.53. The molecule has 1 aliphatic rings. The van der Waals surface area contributed by atoms with Crippen molar-refractivity contribution in [3.05, 3.63) is 29.8 Å². The van der Waals surface area contributed by atoms with Gasteiger partial charge in [0.1, 0.15) is 17.2 Å². The average Bonchev–Trinajstić information content (AvgIpc) is 3.12. The van der Waals surface area contributed by atoms with Gasteiger partial charge in [-0.05, 0) is 57.7 Å². The summed E-state index contributed by atoms with van der Waals surface area (Å²) in [5.41, 5.74) is 5.85. The number of likely N-dealkylation sites (tertiary alicyclic amines) is 1. The zero-order chi connectivity index (χ0) is 23.0. The molecule has 1 amide bonds. The van der Waals surface area contributed by atoms with E-state index in [1.165, 1.54) is 0 Å². The van der Waals surface area contributed by atoms with Gasteiger partial charge in [-0.3, -0.25) is 4.79 Å². The van der Waals surface area contributed by atoms with E-state index in [0.29, 0.717) is 38.3 Å². The molecule has 0 bridgehead atoms. The minimum absolute atomic E-state index is 0.0705. The third-order valence-electron chi connectivity index (χ3n) is 4.86. The highest BCUT2D eigenvalue weighted by molar-refractivity contribution is 5.79. The van der Waals surface area contributed by atoms with E-state index in [1.54, 1.807) is 11.8 Å². The minimum Gasteiger partial charge on any atom is -0.493 e. The van der Waals surface area contributed by atoms with Crippen LogP contribution >= 0.6 is 0 Å². The Morgan fingerprint density at radius 2 is 1.90 bits per heavy atom. The normalized spacial score (nSPS) is 19.2. The minimum atomic E-state index is -0.599. The predicted octanol–water partition coefficient (Wildman–Crippen LogP) is 2.79.